The molecule has 1 aromatic rings. The molecule has 0 aromatic heterocycles. The Balaban J connectivity index is 2.18. The molecule has 0 spiro atoms. The van der Waals surface area contributed by atoms with Gasteiger partial charge in [0.1, 0.15) is 5.75 Å². The number of carboxylic acid groups (broad SMARTS) is 1. The fourth-order valence-corrected chi connectivity index (χ4v) is 2.79. The fourth-order valence-electron chi connectivity index (χ4n) is 2.79. The second kappa shape index (κ2) is 7.79. The van der Waals surface area contributed by atoms with E-state index in [1.807, 2.05) is 13.0 Å². The van der Waals surface area contributed by atoms with Crippen LogP contribution >= 0.6 is 0 Å². The molecule has 2 amide bonds. The first-order valence-electron chi connectivity index (χ1n) is 7.57. The van der Waals surface area contributed by atoms with Gasteiger partial charge in [-0.1, -0.05) is 6.92 Å². The summed E-state index contributed by atoms with van der Waals surface area (Å²) in [6, 6.07) is 4.89. The zero-order valence-corrected chi connectivity index (χ0v) is 13.4. The molecular weight excluding hydrogens is 336 g/mol. The van der Waals surface area contributed by atoms with Crippen LogP contribution < -0.4 is 10.1 Å². The molecule has 134 valence electrons. The third-order valence-corrected chi connectivity index (χ3v) is 3.86. The van der Waals surface area contributed by atoms with Gasteiger partial charge in [0.05, 0.1) is 23.2 Å². The number of hydrogen-bond acceptors (Lipinski definition) is 4. The van der Waals surface area contributed by atoms with Crippen LogP contribution in [0.4, 0.5) is 19.3 Å². The summed E-state index contributed by atoms with van der Waals surface area (Å²) in [4.78, 5) is 24.9. The van der Waals surface area contributed by atoms with E-state index in [-0.39, 0.29) is 29.5 Å². The largest absolute Gasteiger partial charge is 0.481 e. The van der Waals surface area contributed by atoms with Gasteiger partial charge in [0.2, 0.25) is 0 Å². The fraction of sp³-hybridized carbons (Fsp3) is 0.438. The smallest absolute Gasteiger partial charge is 0.387 e. The molecule has 0 aliphatic carbocycles. The zero-order chi connectivity index (χ0) is 18.6. The number of amides is 2. The number of carbonyl (C=O) groups is 2. The number of anilines is 1. The number of halogens is 2. The summed E-state index contributed by atoms with van der Waals surface area (Å²) in [6.07, 6.45) is 0.461. The Bertz CT molecular complexity index is 705. The van der Waals surface area contributed by atoms with Gasteiger partial charge in [-0.2, -0.15) is 14.0 Å². The normalized spacial score (nSPS) is 20.0. The number of alkyl halides is 2. The Labute approximate surface area is 142 Å². The number of nitrogens with one attached hydrogen (secondary N) is 1. The lowest BCUT2D eigenvalue weighted by atomic mass is 9.91. The van der Waals surface area contributed by atoms with E-state index in [2.05, 4.69) is 10.1 Å². The topological polar surface area (TPSA) is 103 Å². The van der Waals surface area contributed by atoms with Crippen LogP contribution in [-0.4, -0.2) is 41.7 Å². The predicted molar refractivity (Wildman–Crippen MR) is 83.3 cm³/mol. The van der Waals surface area contributed by atoms with Crippen LogP contribution in [0, 0.1) is 23.2 Å². The quantitative estimate of drug-likeness (QED) is 0.866. The second-order valence-electron chi connectivity index (χ2n) is 5.91. The van der Waals surface area contributed by atoms with E-state index in [0.717, 1.165) is 0 Å². The second-order valence-corrected chi connectivity index (χ2v) is 5.91. The van der Waals surface area contributed by atoms with E-state index in [1.165, 1.54) is 23.1 Å². The van der Waals surface area contributed by atoms with Crippen molar-refractivity contribution in [3.8, 4) is 11.8 Å². The Morgan fingerprint density at radius 2 is 2.16 bits per heavy atom. The first kappa shape index (κ1) is 18.4. The Kier molecular flexibility index (Phi) is 5.75. The lowest BCUT2D eigenvalue weighted by Gasteiger charge is -2.34. The maximum absolute atomic E-state index is 12.5. The van der Waals surface area contributed by atoms with Gasteiger partial charge in [0, 0.05) is 13.1 Å². The summed E-state index contributed by atoms with van der Waals surface area (Å²) >= 11 is 0. The molecule has 25 heavy (non-hydrogen) atoms. The number of rotatable bonds is 4. The summed E-state index contributed by atoms with van der Waals surface area (Å²) < 4.78 is 29.3. The van der Waals surface area contributed by atoms with E-state index < -0.39 is 24.5 Å². The number of aliphatic carboxylic acids is 1. The van der Waals surface area contributed by atoms with Crippen LogP contribution in [0.5, 0.6) is 5.75 Å². The van der Waals surface area contributed by atoms with E-state index in [9.17, 15) is 18.4 Å². The van der Waals surface area contributed by atoms with Gasteiger partial charge in [-0.15, -0.1) is 0 Å². The number of urea groups is 1. The van der Waals surface area contributed by atoms with Gasteiger partial charge >= 0.3 is 18.6 Å². The molecule has 0 saturated carbocycles. The molecule has 0 bridgehead atoms. The molecule has 2 unspecified atom stereocenters. The number of piperidine rings is 1. The van der Waals surface area contributed by atoms with Gasteiger partial charge in [0.25, 0.3) is 0 Å². The zero-order valence-electron chi connectivity index (χ0n) is 13.4. The first-order valence-corrected chi connectivity index (χ1v) is 7.57. The molecule has 1 aromatic carbocycles. The SMILES string of the molecule is CC1CC(C(=O)O)CN(C(=O)Nc2cc(C#N)ccc2OC(F)F)C1. The number of carboxylic acids is 1. The third-order valence-electron chi connectivity index (χ3n) is 3.86. The minimum absolute atomic E-state index is 0.0113. The minimum atomic E-state index is -3.09. The number of carbonyl (C=O) groups excluding carboxylic acids is 1. The van der Waals surface area contributed by atoms with Gasteiger partial charge in [0.15, 0.2) is 0 Å². The molecule has 1 aliphatic heterocycles. The van der Waals surface area contributed by atoms with E-state index in [1.54, 1.807) is 0 Å². The molecule has 2 N–H and O–H groups in total. The van der Waals surface area contributed by atoms with Crippen LogP contribution in [0.15, 0.2) is 18.2 Å². The van der Waals surface area contributed by atoms with Crippen LogP contribution in [0.25, 0.3) is 0 Å². The van der Waals surface area contributed by atoms with Crippen LogP contribution in [0.3, 0.4) is 0 Å². The van der Waals surface area contributed by atoms with Gasteiger partial charge in [-0.3, -0.25) is 4.79 Å². The predicted octanol–water partition coefficient (Wildman–Crippen LogP) is 2.73. The highest BCUT2D eigenvalue weighted by molar-refractivity contribution is 5.91. The van der Waals surface area contributed by atoms with Crippen molar-refractivity contribution >= 4 is 17.7 Å². The van der Waals surface area contributed by atoms with Gasteiger partial charge in [-0.05, 0) is 30.5 Å². The molecule has 7 nitrogen and oxygen atoms in total. The van der Waals surface area contributed by atoms with Crippen molar-refractivity contribution in [2.45, 2.75) is 20.0 Å². The lowest BCUT2D eigenvalue weighted by molar-refractivity contribution is -0.143. The maximum Gasteiger partial charge on any atom is 0.387 e. The molecular formula is C16H17F2N3O4. The monoisotopic (exact) mass is 353 g/mol. The maximum atomic E-state index is 12.5. The van der Waals surface area contributed by atoms with E-state index in [4.69, 9.17) is 10.4 Å². The molecule has 9 heteroatoms. The van der Waals surface area contributed by atoms with Gasteiger partial charge in [-0.25, -0.2) is 4.79 Å². The molecule has 1 fully saturated rings. The number of ether oxygens (including phenoxy) is 1. The average Bonchev–Trinajstić information content (AvgIpc) is 2.55. The van der Waals surface area contributed by atoms with Crippen molar-refractivity contribution in [1.82, 2.24) is 4.90 Å². The Hall–Kier alpha value is -2.89. The molecule has 0 radical (unpaired) electrons. The summed E-state index contributed by atoms with van der Waals surface area (Å²) in [5, 5.41) is 20.5. The highest BCUT2D eigenvalue weighted by atomic mass is 19.3. The highest BCUT2D eigenvalue weighted by Crippen LogP contribution is 2.29. The minimum Gasteiger partial charge on any atom is -0.481 e. The van der Waals surface area contributed by atoms with E-state index >= 15 is 0 Å². The Morgan fingerprint density at radius 1 is 1.44 bits per heavy atom. The summed E-state index contributed by atoms with van der Waals surface area (Å²) in [5.41, 5.74) is 0.0850. The molecule has 1 saturated heterocycles. The Morgan fingerprint density at radius 3 is 2.76 bits per heavy atom. The van der Waals surface area contributed by atoms with Crippen molar-refractivity contribution in [2.75, 3.05) is 18.4 Å². The molecule has 1 heterocycles. The molecule has 2 atom stereocenters. The van der Waals surface area contributed by atoms with Crippen molar-refractivity contribution in [3.05, 3.63) is 23.8 Å². The number of nitrogens with zero attached hydrogens (tertiary/aromatic N) is 2. The number of nitriles is 1. The number of likely N-dealkylation sites (tertiary alicyclic amines) is 1. The first-order chi connectivity index (χ1) is 11.8. The average molecular weight is 353 g/mol. The number of hydrogen-bond donors (Lipinski definition) is 2. The molecule has 2 rings (SSSR count). The van der Waals surface area contributed by atoms with E-state index in [0.29, 0.717) is 13.0 Å². The van der Waals surface area contributed by atoms with Crippen molar-refractivity contribution in [2.24, 2.45) is 11.8 Å². The van der Waals surface area contributed by atoms with Crippen molar-refractivity contribution < 1.29 is 28.2 Å². The standard InChI is InChI=1S/C16H17F2N3O4/c1-9-4-11(14(22)23)8-21(7-9)16(24)20-12-5-10(6-19)2-3-13(12)25-15(17)18/h2-3,5,9,11,15H,4,7-8H2,1H3,(H,20,24)(H,22,23). The summed E-state index contributed by atoms with van der Waals surface area (Å²) in [7, 11) is 0. The third kappa shape index (κ3) is 4.79. The van der Waals surface area contributed by atoms with Gasteiger partial charge < -0.3 is 20.1 Å². The van der Waals surface area contributed by atoms with Crippen LogP contribution in [0.2, 0.25) is 0 Å². The summed E-state index contributed by atoms with van der Waals surface area (Å²) in [6.45, 7) is -0.889. The summed E-state index contributed by atoms with van der Waals surface area (Å²) in [5.74, 6) is -1.96. The van der Waals surface area contributed by atoms with Crippen LogP contribution in [-0.2, 0) is 4.79 Å². The lowest BCUT2D eigenvalue weighted by Crippen LogP contribution is -2.47. The van der Waals surface area contributed by atoms with Crippen molar-refractivity contribution in [3.63, 3.8) is 0 Å². The van der Waals surface area contributed by atoms with Crippen LogP contribution in [0.1, 0.15) is 18.9 Å². The highest BCUT2D eigenvalue weighted by Gasteiger charge is 2.32. The number of benzene rings is 1. The van der Waals surface area contributed by atoms with Crippen molar-refractivity contribution in [1.29, 1.82) is 5.26 Å². The molecule has 1 aliphatic rings.